The molecular formula is C20H20N4O2. The van der Waals surface area contributed by atoms with E-state index in [-0.39, 0.29) is 17.6 Å². The van der Waals surface area contributed by atoms with Crippen LogP contribution >= 0.6 is 0 Å². The van der Waals surface area contributed by atoms with Gasteiger partial charge in [0.15, 0.2) is 5.69 Å². The number of nitrogens with one attached hydrogen (secondary N) is 2. The van der Waals surface area contributed by atoms with Crippen molar-refractivity contribution < 1.29 is 9.53 Å². The van der Waals surface area contributed by atoms with Crippen molar-refractivity contribution in [1.29, 1.82) is 0 Å². The lowest BCUT2D eigenvalue weighted by atomic mass is 10.1. The summed E-state index contributed by atoms with van der Waals surface area (Å²) < 4.78 is 5.23. The zero-order chi connectivity index (χ0) is 18.4. The van der Waals surface area contributed by atoms with Gasteiger partial charge < -0.3 is 15.4 Å². The molecule has 0 radical (unpaired) electrons. The van der Waals surface area contributed by atoms with Crippen molar-refractivity contribution in [2.45, 2.75) is 13.0 Å². The molecule has 1 amide bonds. The fourth-order valence-electron chi connectivity index (χ4n) is 2.51. The highest BCUT2D eigenvalue weighted by atomic mass is 16.5. The number of rotatable bonds is 6. The Morgan fingerprint density at radius 3 is 2.38 bits per heavy atom. The zero-order valence-corrected chi connectivity index (χ0v) is 14.6. The summed E-state index contributed by atoms with van der Waals surface area (Å²) >= 11 is 0. The Labute approximate surface area is 152 Å². The monoisotopic (exact) mass is 348 g/mol. The summed E-state index contributed by atoms with van der Waals surface area (Å²) in [6.45, 7) is 2.04. The van der Waals surface area contributed by atoms with Crippen LogP contribution in [0.3, 0.4) is 0 Å². The SMILES string of the molecule is COc1ccccc1NC(=O)c1ccc(NC(C)c2ccccc2)nn1. The summed E-state index contributed by atoms with van der Waals surface area (Å²) in [6, 6.07) is 20.7. The minimum absolute atomic E-state index is 0.0822. The summed E-state index contributed by atoms with van der Waals surface area (Å²) in [5, 5.41) is 14.2. The van der Waals surface area contributed by atoms with Gasteiger partial charge in [-0.3, -0.25) is 4.79 Å². The average Bonchev–Trinajstić information content (AvgIpc) is 2.69. The molecule has 2 aromatic carbocycles. The maximum Gasteiger partial charge on any atom is 0.276 e. The molecule has 0 fully saturated rings. The van der Waals surface area contributed by atoms with Crippen molar-refractivity contribution in [1.82, 2.24) is 10.2 Å². The Morgan fingerprint density at radius 2 is 1.69 bits per heavy atom. The van der Waals surface area contributed by atoms with Gasteiger partial charge in [0.2, 0.25) is 0 Å². The number of carbonyl (C=O) groups is 1. The Hall–Kier alpha value is -3.41. The third kappa shape index (κ3) is 4.16. The number of methoxy groups -OCH3 is 1. The van der Waals surface area contributed by atoms with Gasteiger partial charge in [-0.1, -0.05) is 42.5 Å². The molecule has 0 aliphatic rings. The van der Waals surface area contributed by atoms with Crippen molar-refractivity contribution >= 4 is 17.4 Å². The van der Waals surface area contributed by atoms with E-state index in [1.54, 1.807) is 31.4 Å². The molecule has 0 bridgehead atoms. The number of carbonyl (C=O) groups excluding carboxylic acids is 1. The second-order valence-electron chi connectivity index (χ2n) is 5.73. The number of anilines is 2. The van der Waals surface area contributed by atoms with Crippen LogP contribution in [-0.2, 0) is 0 Å². The smallest absolute Gasteiger partial charge is 0.276 e. The van der Waals surface area contributed by atoms with Crippen LogP contribution in [0.4, 0.5) is 11.5 Å². The van der Waals surface area contributed by atoms with Crippen molar-refractivity contribution in [3.05, 3.63) is 78.0 Å². The van der Waals surface area contributed by atoms with Crippen molar-refractivity contribution in [3.63, 3.8) is 0 Å². The Kier molecular flexibility index (Phi) is 5.43. The van der Waals surface area contributed by atoms with Crippen LogP contribution in [0.15, 0.2) is 66.7 Å². The molecule has 0 aliphatic heterocycles. The Balaban J connectivity index is 1.66. The molecule has 1 unspecified atom stereocenters. The molecule has 0 saturated carbocycles. The predicted octanol–water partition coefficient (Wildman–Crippen LogP) is 3.91. The fourth-order valence-corrected chi connectivity index (χ4v) is 2.51. The maximum absolute atomic E-state index is 12.3. The number of hydrogen-bond donors (Lipinski definition) is 2. The summed E-state index contributed by atoms with van der Waals surface area (Å²) in [5.74, 6) is 0.851. The van der Waals surface area contributed by atoms with Crippen LogP contribution in [0.1, 0.15) is 29.0 Å². The van der Waals surface area contributed by atoms with Crippen molar-refractivity contribution in [2.24, 2.45) is 0 Å². The van der Waals surface area contributed by atoms with Crippen molar-refractivity contribution in [3.8, 4) is 5.75 Å². The van der Waals surface area contributed by atoms with Crippen LogP contribution in [-0.4, -0.2) is 23.2 Å². The molecule has 2 N–H and O–H groups in total. The lowest BCUT2D eigenvalue weighted by molar-refractivity contribution is 0.102. The van der Waals surface area contributed by atoms with Gasteiger partial charge in [-0.15, -0.1) is 10.2 Å². The van der Waals surface area contributed by atoms with E-state index in [1.165, 1.54) is 0 Å². The highest BCUT2D eigenvalue weighted by Gasteiger charge is 2.12. The van der Waals surface area contributed by atoms with E-state index in [1.807, 2.05) is 49.4 Å². The largest absolute Gasteiger partial charge is 0.495 e. The first-order chi connectivity index (χ1) is 12.7. The molecule has 1 atom stereocenters. The zero-order valence-electron chi connectivity index (χ0n) is 14.6. The summed E-state index contributed by atoms with van der Waals surface area (Å²) in [4.78, 5) is 12.3. The molecule has 3 aromatic rings. The first-order valence-electron chi connectivity index (χ1n) is 8.27. The van der Waals surface area contributed by atoms with E-state index in [4.69, 9.17) is 4.74 Å². The van der Waals surface area contributed by atoms with Crippen molar-refractivity contribution in [2.75, 3.05) is 17.7 Å². The van der Waals surface area contributed by atoms with Gasteiger partial charge in [0.1, 0.15) is 11.6 Å². The van der Waals surface area contributed by atoms with E-state index in [0.29, 0.717) is 17.3 Å². The summed E-state index contributed by atoms with van der Waals surface area (Å²) in [7, 11) is 1.55. The molecule has 1 aromatic heterocycles. The van der Waals surface area contributed by atoms with Gasteiger partial charge in [-0.2, -0.15) is 0 Å². The first-order valence-corrected chi connectivity index (χ1v) is 8.27. The molecule has 6 heteroatoms. The van der Waals surface area contributed by atoms with Crippen LogP contribution in [0, 0.1) is 0 Å². The predicted molar refractivity (Wildman–Crippen MR) is 101 cm³/mol. The number of nitrogens with zero attached hydrogens (tertiary/aromatic N) is 2. The quantitative estimate of drug-likeness (QED) is 0.706. The third-order valence-corrected chi connectivity index (χ3v) is 3.92. The van der Waals surface area contributed by atoms with Gasteiger partial charge in [0.25, 0.3) is 5.91 Å². The van der Waals surface area contributed by atoms with Crippen LogP contribution in [0.5, 0.6) is 5.75 Å². The van der Waals surface area contributed by atoms with Crippen LogP contribution < -0.4 is 15.4 Å². The summed E-state index contributed by atoms with van der Waals surface area (Å²) in [5.41, 5.74) is 1.96. The molecule has 26 heavy (non-hydrogen) atoms. The summed E-state index contributed by atoms with van der Waals surface area (Å²) in [6.07, 6.45) is 0. The van der Waals surface area contributed by atoms with E-state index >= 15 is 0 Å². The number of hydrogen-bond acceptors (Lipinski definition) is 5. The Bertz CT molecular complexity index is 866. The third-order valence-electron chi connectivity index (χ3n) is 3.92. The van der Waals surface area contributed by atoms with Crippen LogP contribution in [0.25, 0.3) is 0 Å². The second-order valence-corrected chi connectivity index (χ2v) is 5.73. The molecule has 132 valence electrons. The van der Waals surface area contributed by atoms with E-state index in [9.17, 15) is 4.79 Å². The number of aromatic nitrogens is 2. The second kappa shape index (κ2) is 8.11. The van der Waals surface area contributed by atoms with E-state index in [0.717, 1.165) is 5.56 Å². The topological polar surface area (TPSA) is 76.1 Å². The molecule has 1 heterocycles. The van der Waals surface area contributed by atoms with E-state index in [2.05, 4.69) is 20.8 Å². The van der Waals surface area contributed by atoms with Gasteiger partial charge in [0.05, 0.1) is 12.8 Å². The van der Waals surface area contributed by atoms with Gasteiger partial charge in [-0.05, 0) is 36.8 Å². The average molecular weight is 348 g/mol. The first kappa shape index (κ1) is 17.4. The van der Waals surface area contributed by atoms with Gasteiger partial charge in [0, 0.05) is 6.04 Å². The number of para-hydroxylation sites is 2. The minimum Gasteiger partial charge on any atom is -0.495 e. The molecular weight excluding hydrogens is 328 g/mol. The van der Waals surface area contributed by atoms with Crippen LogP contribution in [0.2, 0.25) is 0 Å². The highest BCUT2D eigenvalue weighted by molar-refractivity contribution is 6.03. The number of benzene rings is 2. The number of ether oxygens (including phenoxy) is 1. The van der Waals surface area contributed by atoms with E-state index < -0.39 is 0 Å². The lowest BCUT2D eigenvalue weighted by Crippen LogP contribution is -2.16. The highest BCUT2D eigenvalue weighted by Crippen LogP contribution is 2.23. The minimum atomic E-state index is -0.343. The molecule has 6 nitrogen and oxygen atoms in total. The standard InChI is InChI=1S/C20H20N4O2/c1-14(15-8-4-3-5-9-15)21-19-13-12-17(23-24-19)20(25)22-16-10-6-7-11-18(16)26-2/h3-14H,1-2H3,(H,21,24)(H,22,25). The molecule has 0 spiro atoms. The molecule has 0 aliphatic carbocycles. The lowest BCUT2D eigenvalue weighted by Gasteiger charge is -2.14. The van der Waals surface area contributed by atoms with Gasteiger partial charge >= 0.3 is 0 Å². The Morgan fingerprint density at radius 1 is 0.962 bits per heavy atom. The van der Waals surface area contributed by atoms with Gasteiger partial charge in [-0.25, -0.2) is 0 Å². The fraction of sp³-hybridized carbons (Fsp3) is 0.150. The number of amides is 1. The maximum atomic E-state index is 12.3. The molecule has 0 saturated heterocycles. The normalized spacial score (nSPS) is 11.5. The molecule has 3 rings (SSSR count).